The van der Waals surface area contributed by atoms with Crippen LogP contribution in [0.1, 0.15) is 12.8 Å². The summed E-state index contributed by atoms with van der Waals surface area (Å²) in [6, 6.07) is 0. The van der Waals surface area contributed by atoms with Crippen LogP contribution in [0, 0.1) is 5.92 Å². The number of carbonyl (C=O) groups is 1. The SMILES string of the molecule is O=CC(O[SiH3])C1CC1. The standard InChI is InChI=1S/C5H10O2Si/c6-3-5(7-8)4-1-2-4/h3-5H,1-2H2,8H3. The van der Waals surface area contributed by atoms with Crippen molar-refractivity contribution in [1.29, 1.82) is 0 Å². The zero-order valence-electron chi connectivity index (χ0n) is 4.96. The Morgan fingerprint density at radius 3 is 2.50 bits per heavy atom. The van der Waals surface area contributed by atoms with Gasteiger partial charge in [0.1, 0.15) is 22.9 Å². The fourth-order valence-corrected chi connectivity index (χ4v) is 1.28. The molecule has 0 radical (unpaired) electrons. The minimum atomic E-state index is -0.0540. The average Bonchev–Trinajstić information content (AvgIpc) is 2.53. The van der Waals surface area contributed by atoms with E-state index in [0.717, 1.165) is 6.29 Å². The number of carbonyl (C=O) groups excluding carboxylic acids is 1. The van der Waals surface area contributed by atoms with Crippen LogP contribution in [-0.4, -0.2) is 22.9 Å². The van der Waals surface area contributed by atoms with E-state index in [4.69, 9.17) is 4.43 Å². The largest absolute Gasteiger partial charge is 0.418 e. The monoisotopic (exact) mass is 130 g/mol. The van der Waals surface area contributed by atoms with E-state index >= 15 is 0 Å². The smallest absolute Gasteiger partial charge is 0.147 e. The van der Waals surface area contributed by atoms with Crippen LogP contribution >= 0.6 is 0 Å². The van der Waals surface area contributed by atoms with Gasteiger partial charge in [0.2, 0.25) is 0 Å². The molecule has 1 saturated carbocycles. The Balaban J connectivity index is 2.25. The highest BCUT2D eigenvalue weighted by Gasteiger charge is 2.30. The third-order valence-electron chi connectivity index (χ3n) is 1.49. The van der Waals surface area contributed by atoms with E-state index in [2.05, 4.69) is 0 Å². The predicted molar refractivity (Wildman–Crippen MR) is 33.6 cm³/mol. The van der Waals surface area contributed by atoms with Crippen molar-refractivity contribution in [3.05, 3.63) is 0 Å². The van der Waals surface area contributed by atoms with Crippen LogP contribution in [0.15, 0.2) is 0 Å². The van der Waals surface area contributed by atoms with Gasteiger partial charge in [0.25, 0.3) is 0 Å². The molecule has 0 spiro atoms. The van der Waals surface area contributed by atoms with Crippen molar-refractivity contribution in [2.75, 3.05) is 0 Å². The Bertz CT molecular complexity index is 90.4. The van der Waals surface area contributed by atoms with Crippen molar-refractivity contribution in [1.82, 2.24) is 0 Å². The van der Waals surface area contributed by atoms with Crippen LogP contribution in [0.3, 0.4) is 0 Å². The first-order valence-corrected chi connectivity index (χ1v) is 3.68. The Morgan fingerprint density at radius 1 is 1.75 bits per heavy atom. The lowest BCUT2D eigenvalue weighted by atomic mass is 10.3. The van der Waals surface area contributed by atoms with Gasteiger partial charge in [-0.1, -0.05) is 0 Å². The van der Waals surface area contributed by atoms with E-state index in [-0.39, 0.29) is 6.10 Å². The van der Waals surface area contributed by atoms with E-state index in [9.17, 15) is 4.79 Å². The maximum absolute atomic E-state index is 10.1. The number of aldehydes is 1. The van der Waals surface area contributed by atoms with E-state index < -0.39 is 0 Å². The minimum Gasteiger partial charge on any atom is -0.418 e. The minimum absolute atomic E-state index is 0.0540. The van der Waals surface area contributed by atoms with Gasteiger partial charge in [-0.3, -0.25) is 0 Å². The Kier molecular flexibility index (Phi) is 1.80. The molecule has 1 unspecified atom stereocenters. The molecule has 0 heterocycles. The average molecular weight is 130 g/mol. The highest BCUT2D eigenvalue weighted by atomic mass is 28.2. The fraction of sp³-hybridized carbons (Fsp3) is 0.800. The molecule has 0 aromatic heterocycles. The highest BCUT2D eigenvalue weighted by molar-refractivity contribution is 5.99. The van der Waals surface area contributed by atoms with Gasteiger partial charge in [0.05, 0.1) is 0 Å². The molecule has 1 rings (SSSR count). The van der Waals surface area contributed by atoms with Gasteiger partial charge in [-0.15, -0.1) is 0 Å². The molecule has 8 heavy (non-hydrogen) atoms. The summed E-state index contributed by atoms with van der Waals surface area (Å²) in [6.07, 6.45) is 3.24. The van der Waals surface area contributed by atoms with Crippen molar-refractivity contribution in [2.45, 2.75) is 18.9 Å². The molecule has 0 aliphatic heterocycles. The molecule has 1 aliphatic rings. The molecule has 1 atom stereocenters. The van der Waals surface area contributed by atoms with E-state index in [1.165, 1.54) is 12.8 Å². The number of hydrogen-bond donors (Lipinski definition) is 0. The number of rotatable bonds is 3. The topological polar surface area (TPSA) is 26.3 Å². The Hall–Kier alpha value is -0.153. The molecular weight excluding hydrogens is 120 g/mol. The molecule has 0 N–H and O–H groups in total. The third kappa shape index (κ3) is 1.17. The molecule has 1 fully saturated rings. The zero-order valence-corrected chi connectivity index (χ0v) is 6.96. The van der Waals surface area contributed by atoms with Crippen molar-refractivity contribution in [3.63, 3.8) is 0 Å². The second-order valence-electron chi connectivity index (χ2n) is 2.17. The van der Waals surface area contributed by atoms with Crippen LogP contribution < -0.4 is 0 Å². The van der Waals surface area contributed by atoms with Gasteiger partial charge in [-0.25, -0.2) is 0 Å². The van der Waals surface area contributed by atoms with E-state index in [0.29, 0.717) is 16.4 Å². The van der Waals surface area contributed by atoms with E-state index in [1.54, 1.807) is 0 Å². The van der Waals surface area contributed by atoms with Gasteiger partial charge >= 0.3 is 0 Å². The molecule has 46 valence electrons. The normalized spacial score (nSPS) is 23.0. The molecule has 2 nitrogen and oxygen atoms in total. The molecule has 0 aromatic rings. The summed E-state index contributed by atoms with van der Waals surface area (Å²) < 4.78 is 4.99. The Labute approximate surface area is 51.8 Å². The first-order chi connectivity index (χ1) is 3.88. The summed E-state index contributed by atoms with van der Waals surface area (Å²) in [4.78, 5) is 10.1. The maximum atomic E-state index is 10.1. The Morgan fingerprint density at radius 2 is 2.38 bits per heavy atom. The molecule has 3 heteroatoms. The third-order valence-corrected chi connectivity index (χ3v) is 2.04. The lowest BCUT2D eigenvalue weighted by Crippen LogP contribution is -2.14. The lowest BCUT2D eigenvalue weighted by Gasteiger charge is -2.03. The quantitative estimate of drug-likeness (QED) is 0.371. The summed E-state index contributed by atoms with van der Waals surface area (Å²) >= 11 is 0. The van der Waals surface area contributed by atoms with Crippen molar-refractivity contribution in [3.8, 4) is 0 Å². The van der Waals surface area contributed by atoms with Gasteiger partial charge < -0.3 is 9.22 Å². The molecule has 0 bridgehead atoms. The van der Waals surface area contributed by atoms with Gasteiger partial charge in [0.15, 0.2) is 0 Å². The second kappa shape index (κ2) is 2.41. The summed E-state index contributed by atoms with van der Waals surface area (Å²) in [7, 11) is 0.688. The molecular formula is C5H10O2Si. The van der Waals surface area contributed by atoms with Crippen molar-refractivity contribution < 1.29 is 9.22 Å². The van der Waals surface area contributed by atoms with Gasteiger partial charge in [-0.05, 0) is 18.8 Å². The molecule has 1 aliphatic carbocycles. The molecule has 0 amide bonds. The van der Waals surface area contributed by atoms with Crippen LogP contribution in [0.2, 0.25) is 0 Å². The van der Waals surface area contributed by atoms with Crippen molar-refractivity contribution >= 4 is 16.8 Å². The lowest BCUT2D eigenvalue weighted by molar-refractivity contribution is -0.114. The molecule has 0 aromatic carbocycles. The summed E-state index contributed by atoms with van der Waals surface area (Å²) in [6.45, 7) is 0. The highest BCUT2D eigenvalue weighted by Crippen LogP contribution is 2.32. The van der Waals surface area contributed by atoms with Crippen LogP contribution in [0.25, 0.3) is 0 Å². The van der Waals surface area contributed by atoms with Crippen LogP contribution in [-0.2, 0) is 9.22 Å². The van der Waals surface area contributed by atoms with E-state index in [1.807, 2.05) is 0 Å². The maximum Gasteiger partial charge on any atom is 0.147 e. The molecule has 0 saturated heterocycles. The predicted octanol–water partition coefficient (Wildman–Crippen LogP) is -0.739. The first kappa shape index (κ1) is 5.97. The van der Waals surface area contributed by atoms with Crippen LogP contribution in [0.4, 0.5) is 0 Å². The van der Waals surface area contributed by atoms with Gasteiger partial charge in [-0.2, -0.15) is 0 Å². The van der Waals surface area contributed by atoms with Crippen LogP contribution in [0.5, 0.6) is 0 Å². The first-order valence-electron chi connectivity index (χ1n) is 2.86. The zero-order chi connectivity index (χ0) is 5.98. The second-order valence-corrected chi connectivity index (χ2v) is 2.65. The summed E-state index contributed by atoms with van der Waals surface area (Å²) in [5.74, 6) is 0.574. The fourth-order valence-electron chi connectivity index (χ4n) is 0.784. The summed E-state index contributed by atoms with van der Waals surface area (Å²) in [5.41, 5.74) is 0. The summed E-state index contributed by atoms with van der Waals surface area (Å²) in [5, 5.41) is 0. The van der Waals surface area contributed by atoms with Crippen molar-refractivity contribution in [2.24, 2.45) is 5.92 Å². The number of hydrogen-bond acceptors (Lipinski definition) is 2. The van der Waals surface area contributed by atoms with Gasteiger partial charge in [0, 0.05) is 0 Å².